The average Bonchev–Trinajstić information content (AvgIpc) is 2.54. The van der Waals surface area contributed by atoms with Crippen molar-refractivity contribution in [3.63, 3.8) is 0 Å². The first-order valence-corrected chi connectivity index (χ1v) is 8.61. The number of carbonyl (C=O) groups is 1. The van der Waals surface area contributed by atoms with Crippen LogP contribution in [0.5, 0.6) is 11.5 Å². The van der Waals surface area contributed by atoms with Crippen LogP contribution in [0.1, 0.15) is 25.7 Å². The smallest absolute Gasteiger partial charge is 0.409 e. The molecule has 0 aliphatic heterocycles. The van der Waals surface area contributed by atoms with Crippen LogP contribution in [0.3, 0.4) is 0 Å². The zero-order valence-corrected chi connectivity index (χ0v) is 14.3. The van der Waals surface area contributed by atoms with Crippen molar-refractivity contribution in [2.24, 2.45) is 11.8 Å². The lowest BCUT2D eigenvalue weighted by atomic mass is 9.83. The zero-order valence-electron chi connectivity index (χ0n) is 12.7. The molecule has 0 heterocycles. The quantitative estimate of drug-likeness (QED) is 0.728. The van der Waals surface area contributed by atoms with Crippen molar-refractivity contribution in [1.82, 2.24) is 0 Å². The molecule has 0 spiro atoms. The fraction of sp³-hybridized carbons (Fsp3) is 0.562. The lowest BCUT2D eigenvalue weighted by Crippen LogP contribution is -2.20. The van der Waals surface area contributed by atoms with E-state index in [9.17, 15) is 4.79 Å². The van der Waals surface area contributed by atoms with Crippen molar-refractivity contribution in [3.8, 4) is 11.5 Å². The van der Waals surface area contributed by atoms with Crippen molar-refractivity contribution < 1.29 is 19.4 Å². The van der Waals surface area contributed by atoms with Gasteiger partial charge in [0.1, 0.15) is 11.5 Å². The number of nitrogens with one attached hydrogen (secondary N) is 1. The number of methoxy groups -OCH3 is 1. The van der Waals surface area contributed by atoms with Gasteiger partial charge in [0.15, 0.2) is 0 Å². The molecular formula is C16H22BrNO4. The molecule has 6 heteroatoms. The second-order valence-corrected chi connectivity index (χ2v) is 6.29. The van der Waals surface area contributed by atoms with Gasteiger partial charge in [0.2, 0.25) is 0 Å². The molecule has 2 N–H and O–H groups in total. The molecule has 0 atom stereocenters. The SMILES string of the molecule is COc1cc(OC[C@H]2CC[C@H](CBr)CC2)ccc1NC(=O)O. The molecule has 1 aliphatic carbocycles. The van der Waals surface area contributed by atoms with Crippen LogP contribution in [0.4, 0.5) is 10.5 Å². The highest BCUT2D eigenvalue weighted by molar-refractivity contribution is 9.09. The van der Waals surface area contributed by atoms with Gasteiger partial charge >= 0.3 is 6.09 Å². The fourth-order valence-corrected chi connectivity index (χ4v) is 3.39. The molecule has 1 amide bonds. The zero-order chi connectivity index (χ0) is 15.9. The Labute approximate surface area is 139 Å². The first-order valence-electron chi connectivity index (χ1n) is 7.49. The summed E-state index contributed by atoms with van der Waals surface area (Å²) in [6.07, 6.45) is 3.79. The minimum atomic E-state index is -1.12. The van der Waals surface area contributed by atoms with Gasteiger partial charge < -0.3 is 14.6 Å². The molecule has 1 aromatic rings. The number of alkyl halides is 1. The maximum absolute atomic E-state index is 10.7. The molecule has 5 nitrogen and oxygen atoms in total. The highest BCUT2D eigenvalue weighted by atomic mass is 79.9. The standard InChI is InChI=1S/C16H22BrNO4/c1-21-15-8-13(6-7-14(15)18-16(19)20)22-10-12-4-2-11(9-17)3-5-12/h6-8,11-12,18H,2-5,9-10H2,1H3,(H,19,20)/t11-,12-. The number of benzene rings is 1. The van der Waals surface area contributed by atoms with Crippen LogP contribution >= 0.6 is 15.9 Å². The minimum Gasteiger partial charge on any atom is -0.494 e. The number of anilines is 1. The van der Waals surface area contributed by atoms with Gasteiger partial charge in [0, 0.05) is 11.4 Å². The van der Waals surface area contributed by atoms with Crippen molar-refractivity contribution in [3.05, 3.63) is 18.2 Å². The minimum absolute atomic E-state index is 0.417. The Kier molecular flexibility index (Phi) is 6.36. The first kappa shape index (κ1) is 16.9. The summed E-state index contributed by atoms with van der Waals surface area (Å²) in [7, 11) is 1.51. The molecule has 122 valence electrons. The number of rotatable bonds is 6. The third kappa shape index (κ3) is 4.80. The normalized spacial score (nSPS) is 21.2. The Morgan fingerprint density at radius 2 is 2.00 bits per heavy atom. The summed E-state index contributed by atoms with van der Waals surface area (Å²) in [5.74, 6) is 2.56. The van der Waals surface area contributed by atoms with Crippen LogP contribution < -0.4 is 14.8 Å². The lowest BCUT2D eigenvalue weighted by Gasteiger charge is -2.27. The predicted octanol–water partition coefficient (Wildman–Crippen LogP) is 4.37. The summed E-state index contributed by atoms with van der Waals surface area (Å²) < 4.78 is 11.0. The molecule has 0 unspecified atom stereocenters. The van der Waals surface area contributed by atoms with E-state index in [1.165, 1.54) is 32.8 Å². The van der Waals surface area contributed by atoms with Crippen LogP contribution in [-0.4, -0.2) is 30.2 Å². The molecule has 0 saturated heterocycles. The molecule has 1 saturated carbocycles. The van der Waals surface area contributed by atoms with Gasteiger partial charge in [0.05, 0.1) is 19.4 Å². The van der Waals surface area contributed by atoms with Crippen molar-refractivity contribution in [2.45, 2.75) is 25.7 Å². The number of carboxylic acid groups (broad SMARTS) is 1. The Hall–Kier alpha value is -1.43. The van der Waals surface area contributed by atoms with E-state index in [4.69, 9.17) is 14.6 Å². The maximum atomic E-state index is 10.7. The maximum Gasteiger partial charge on any atom is 0.409 e. The second-order valence-electron chi connectivity index (χ2n) is 5.64. The molecule has 0 bridgehead atoms. The second kappa shape index (κ2) is 8.27. The van der Waals surface area contributed by atoms with Gasteiger partial charge in [-0.25, -0.2) is 4.79 Å². The number of hydrogen-bond acceptors (Lipinski definition) is 3. The average molecular weight is 372 g/mol. The summed E-state index contributed by atoms with van der Waals surface area (Å²) in [5.41, 5.74) is 0.417. The van der Waals surface area contributed by atoms with E-state index in [1.54, 1.807) is 18.2 Å². The summed E-state index contributed by atoms with van der Waals surface area (Å²) in [4.78, 5) is 10.7. The number of halogens is 1. The van der Waals surface area contributed by atoms with E-state index in [2.05, 4.69) is 21.2 Å². The summed E-state index contributed by atoms with van der Waals surface area (Å²) >= 11 is 3.55. The van der Waals surface area contributed by atoms with Gasteiger partial charge in [0.25, 0.3) is 0 Å². The van der Waals surface area contributed by atoms with Crippen LogP contribution in [0.25, 0.3) is 0 Å². The Morgan fingerprint density at radius 3 is 2.59 bits per heavy atom. The summed E-state index contributed by atoms with van der Waals surface area (Å²) in [5, 5.41) is 12.2. The van der Waals surface area contributed by atoms with E-state index >= 15 is 0 Å². The third-order valence-electron chi connectivity index (χ3n) is 4.08. The van der Waals surface area contributed by atoms with Crippen molar-refractivity contribution >= 4 is 27.7 Å². The molecule has 2 rings (SSSR count). The molecule has 0 radical (unpaired) electrons. The molecule has 1 aromatic carbocycles. The van der Waals surface area contributed by atoms with Gasteiger partial charge in [-0.3, -0.25) is 5.32 Å². The topological polar surface area (TPSA) is 67.8 Å². The predicted molar refractivity (Wildman–Crippen MR) is 89.4 cm³/mol. The van der Waals surface area contributed by atoms with Gasteiger partial charge in [-0.05, 0) is 49.7 Å². The lowest BCUT2D eigenvalue weighted by molar-refractivity contribution is 0.189. The number of hydrogen-bond donors (Lipinski definition) is 2. The Bertz CT molecular complexity index is 501. The van der Waals surface area contributed by atoms with Gasteiger partial charge in [-0.1, -0.05) is 15.9 Å². The third-order valence-corrected chi connectivity index (χ3v) is 5.00. The molecule has 0 aromatic heterocycles. The van der Waals surface area contributed by atoms with Crippen LogP contribution in [0, 0.1) is 11.8 Å². The van der Waals surface area contributed by atoms with E-state index in [1.807, 2.05) is 0 Å². The van der Waals surface area contributed by atoms with Crippen molar-refractivity contribution in [2.75, 3.05) is 24.4 Å². The van der Waals surface area contributed by atoms with Gasteiger partial charge in [-0.2, -0.15) is 0 Å². The molecule has 1 fully saturated rings. The Balaban J connectivity index is 1.89. The highest BCUT2D eigenvalue weighted by Gasteiger charge is 2.21. The Morgan fingerprint density at radius 1 is 1.32 bits per heavy atom. The molecule has 1 aliphatic rings. The van der Waals surface area contributed by atoms with Crippen LogP contribution in [0.2, 0.25) is 0 Å². The monoisotopic (exact) mass is 371 g/mol. The van der Waals surface area contributed by atoms with E-state index in [0.717, 1.165) is 11.2 Å². The number of ether oxygens (including phenoxy) is 2. The molecular weight excluding hydrogens is 350 g/mol. The van der Waals surface area contributed by atoms with E-state index in [0.29, 0.717) is 29.7 Å². The van der Waals surface area contributed by atoms with Gasteiger partial charge in [-0.15, -0.1) is 0 Å². The van der Waals surface area contributed by atoms with Crippen LogP contribution in [-0.2, 0) is 0 Å². The van der Waals surface area contributed by atoms with E-state index < -0.39 is 6.09 Å². The van der Waals surface area contributed by atoms with Crippen molar-refractivity contribution in [1.29, 1.82) is 0 Å². The summed E-state index contributed by atoms with van der Waals surface area (Å²) in [6, 6.07) is 5.14. The summed E-state index contributed by atoms with van der Waals surface area (Å²) in [6.45, 7) is 0.698. The largest absolute Gasteiger partial charge is 0.494 e. The first-order chi connectivity index (χ1) is 10.6. The van der Waals surface area contributed by atoms with Crippen LogP contribution in [0.15, 0.2) is 18.2 Å². The molecule has 22 heavy (non-hydrogen) atoms. The highest BCUT2D eigenvalue weighted by Crippen LogP contribution is 2.32. The van der Waals surface area contributed by atoms with E-state index in [-0.39, 0.29) is 0 Å². The fourth-order valence-electron chi connectivity index (χ4n) is 2.75. The number of amides is 1.